The number of benzene rings is 2. The second-order valence-electron chi connectivity index (χ2n) is 13.5. The highest BCUT2D eigenvalue weighted by Gasteiger charge is 2.28. The molecule has 59 heavy (non-hydrogen) atoms. The molecular weight excluding hydrogens is 767 g/mol. The van der Waals surface area contributed by atoms with Gasteiger partial charge in [-0.05, 0) is 61.4 Å². The Bertz CT molecular complexity index is 2690. The Morgan fingerprint density at radius 2 is 1.12 bits per heavy atom. The molecule has 0 bridgehead atoms. The van der Waals surface area contributed by atoms with E-state index in [1.165, 1.54) is 58.4 Å². The van der Waals surface area contributed by atoms with E-state index in [-0.39, 0.29) is 41.3 Å². The molecule has 8 aromatic rings. The summed E-state index contributed by atoms with van der Waals surface area (Å²) in [6, 6.07) is 11.5. The van der Waals surface area contributed by atoms with Crippen molar-refractivity contribution in [2.24, 2.45) is 5.73 Å². The molecule has 4 N–H and O–H groups in total. The van der Waals surface area contributed by atoms with Crippen molar-refractivity contribution in [3.8, 4) is 11.4 Å². The predicted octanol–water partition coefficient (Wildman–Crippen LogP) is 2.83. The lowest BCUT2D eigenvalue weighted by atomic mass is 10.2. The third-order valence-corrected chi connectivity index (χ3v) is 9.49. The Balaban J connectivity index is 0.000000136. The minimum Gasteiger partial charge on any atom is -0.475 e. The summed E-state index contributed by atoms with van der Waals surface area (Å²) in [7, 11) is 0. The molecular formula is C38H36F2N16O3. The van der Waals surface area contributed by atoms with E-state index < -0.39 is 5.97 Å². The van der Waals surface area contributed by atoms with Gasteiger partial charge in [0.1, 0.15) is 24.3 Å². The number of nitrogens with one attached hydrogen (secondary N) is 1. The van der Waals surface area contributed by atoms with Crippen LogP contribution in [0.5, 0.6) is 0 Å². The summed E-state index contributed by atoms with van der Waals surface area (Å²) in [4.78, 5) is 52.5. The quantitative estimate of drug-likeness (QED) is 0.211. The summed E-state index contributed by atoms with van der Waals surface area (Å²) in [5, 5.41) is 19.5. The molecule has 21 heteroatoms. The number of carboxylic acids is 1. The first kappa shape index (κ1) is 38.2. The Hall–Kier alpha value is -7.68. The fourth-order valence-electron chi connectivity index (χ4n) is 6.59. The lowest BCUT2D eigenvalue weighted by molar-refractivity contribution is 0.0683. The Morgan fingerprint density at radius 1 is 0.644 bits per heavy atom. The van der Waals surface area contributed by atoms with Crippen LogP contribution in [0.1, 0.15) is 34.1 Å². The zero-order chi connectivity index (χ0) is 40.9. The zero-order valence-corrected chi connectivity index (χ0v) is 31.1. The number of fused-ring (bicyclic) bond motifs is 2. The topological polar surface area (TPSA) is 221 Å². The Labute approximate surface area is 333 Å². The van der Waals surface area contributed by atoms with E-state index in [2.05, 4.69) is 55.2 Å². The van der Waals surface area contributed by atoms with Crippen molar-refractivity contribution < 1.29 is 23.5 Å². The van der Waals surface area contributed by atoms with Crippen LogP contribution in [0.25, 0.3) is 22.7 Å². The highest BCUT2D eigenvalue weighted by molar-refractivity contribution is 5.90. The van der Waals surface area contributed by atoms with Gasteiger partial charge in [-0.1, -0.05) is 0 Å². The van der Waals surface area contributed by atoms with E-state index in [1.807, 2.05) is 33.6 Å². The molecule has 8 heterocycles. The highest BCUT2D eigenvalue weighted by Crippen LogP contribution is 2.23. The predicted molar refractivity (Wildman–Crippen MR) is 208 cm³/mol. The third-order valence-electron chi connectivity index (χ3n) is 9.49. The van der Waals surface area contributed by atoms with Gasteiger partial charge >= 0.3 is 5.97 Å². The minimum absolute atomic E-state index is 0.0442. The van der Waals surface area contributed by atoms with E-state index in [4.69, 9.17) is 10.8 Å². The molecule has 2 atom stereocenters. The number of rotatable bonds is 7. The van der Waals surface area contributed by atoms with Crippen LogP contribution in [0, 0.1) is 11.6 Å². The van der Waals surface area contributed by atoms with Crippen LogP contribution >= 0.6 is 0 Å². The lowest BCUT2D eigenvalue weighted by Gasteiger charge is -2.18. The van der Waals surface area contributed by atoms with Crippen LogP contribution < -0.4 is 20.9 Å². The molecule has 6 aromatic heterocycles. The Morgan fingerprint density at radius 3 is 1.61 bits per heavy atom. The molecule has 2 aliphatic heterocycles. The monoisotopic (exact) mass is 802 g/mol. The number of amides is 1. The highest BCUT2D eigenvalue weighted by atomic mass is 19.1. The van der Waals surface area contributed by atoms with Gasteiger partial charge in [0.05, 0.1) is 11.4 Å². The molecule has 2 aromatic carbocycles. The summed E-state index contributed by atoms with van der Waals surface area (Å²) < 4.78 is 32.3. The first-order valence-electron chi connectivity index (χ1n) is 18.4. The normalized spacial score (nSPS) is 16.1. The first-order valence-corrected chi connectivity index (χ1v) is 18.4. The van der Waals surface area contributed by atoms with E-state index in [0.717, 1.165) is 55.4 Å². The number of carboxylic acid groups (broad SMARTS) is 1. The number of carbonyl (C=O) groups excluding carboxylic acids is 1. The molecule has 2 fully saturated rings. The van der Waals surface area contributed by atoms with Gasteiger partial charge in [0.25, 0.3) is 11.7 Å². The molecule has 2 saturated heterocycles. The summed E-state index contributed by atoms with van der Waals surface area (Å²) in [5.74, 6) is -0.722. The average Bonchev–Trinajstić information content (AvgIpc) is 4.10. The van der Waals surface area contributed by atoms with Crippen molar-refractivity contribution in [3.63, 3.8) is 0 Å². The van der Waals surface area contributed by atoms with E-state index in [1.54, 1.807) is 36.9 Å². The zero-order valence-electron chi connectivity index (χ0n) is 31.1. The van der Waals surface area contributed by atoms with Crippen molar-refractivity contribution in [3.05, 3.63) is 134 Å². The smallest absolute Gasteiger partial charge is 0.375 e. The molecule has 19 nitrogen and oxygen atoms in total. The Kier molecular flexibility index (Phi) is 10.9. The van der Waals surface area contributed by atoms with E-state index >= 15 is 0 Å². The number of hydrogen-bond donors (Lipinski definition) is 3. The van der Waals surface area contributed by atoms with Crippen LogP contribution in [-0.2, 0) is 0 Å². The number of aromatic carboxylic acids is 1. The summed E-state index contributed by atoms with van der Waals surface area (Å²) >= 11 is 0. The summed E-state index contributed by atoms with van der Waals surface area (Å²) in [5.41, 5.74) is 8.77. The van der Waals surface area contributed by atoms with Crippen molar-refractivity contribution in [1.82, 2.24) is 63.6 Å². The second-order valence-corrected chi connectivity index (χ2v) is 13.5. The maximum Gasteiger partial charge on any atom is 0.375 e. The van der Waals surface area contributed by atoms with E-state index in [0.29, 0.717) is 17.9 Å². The van der Waals surface area contributed by atoms with Gasteiger partial charge in [-0.25, -0.2) is 52.8 Å². The number of halogens is 2. The largest absolute Gasteiger partial charge is 0.475 e. The fourth-order valence-corrected chi connectivity index (χ4v) is 6.59. The molecule has 10 rings (SSSR count). The SMILES string of the molecule is N[C@H]1CCN(c2nccn3ccnc23)C1.O=C(N[C@H]1CCN(c2nccn3ccnc23)C1)c1ncn(-c2ccc(F)cc2)n1.O=C(O)c1ncn(-c2ccc(F)cc2)n1. The first-order chi connectivity index (χ1) is 28.7. The maximum atomic E-state index is 13.1. The third kappa shape index (κ3) is 8.68. The molecule has 0 saturated carbocycles. The molecule has 0 unspecified atom stereocenters. The number of anilines is 2. The van der Waals surface area contributed by atoms with Gasteiger partial charge in [-0.3, -0.25) is 4.79 Å². The van der Waals surface area contributed by atoms with Crippen molar-refractivity contribution >= 4 is 34.8 Å². The number of aromatic nitrogens is 12. The molecule has 0 spiro atoms. The standard InChI is InChI=1S/C19H17FN8O.C10H13N5.C9H6FN3O2/c20-13-1-3-15(4-2-13)28-12-23-16(25-28)19(29)24-14-5-8-27(11-14)18-17-21-6-9-26(17)10-7-22-18;11-8-1-4-15(7-8)10-9-12-2-5-14(9)6-3-13-10;10-6-1-3-7(4-2-6)13-5-11-8(12-13)9(14)15/h1-4,6-7,9-10,12,14H,5,8,11H2,(H,24,29);2-3,5-6,8H,1,4,7,11H2;1-5H,(H,14,15)/t14-;8-;/m00./s1. The van der Waals surface area contributed by atoms with Gasteiger partial charge < -0.3 is 34.8 Å². The van der Waals surface area contributed by atoms with Crippen molar-refractivity contribution in [1.29, 1.82) is 0 Å². The molecule has 0 aliphatic carbocycles. The van der Waals surface area contributed by atoms with Crippen molar-refractivity contribution in [2.45, 2.75) is 24.9 Å². The number of carbonyl (C=O) groups is 2. The van der Waals surface area contributed by atoms with Gasteiger partial charge in [0, 0.05) is 87.8 Å². The van der Waals surface area contributed by atoms with Gasteiger partial charge in [-0.2, -0.15) is 0 Å². The van der Waals surface area contributed by atoms with Gasteiger partial charge in [0.15, 0.2) is 22.9 Å². The minimum atomic E-state index is -1.20. The number of imidazole rings is 2. The maximum absolute atomic E-state index is 13.1. The number of nitrogens with zero attached hydrogens (tertiary/aromatic N) is 14. The van der Waals surface area contributed by atoms with Crippen LogP contribution in [0.2, 0.25) is 0 Å². The van der Waals surface area contributed by atoms with Crippen LogP contribution in [0.3, 0.4) is 0 Å². The van der Waals surface area contributed by atoms with Gasteiger partial charge in [0.2, 0.25) is 5.82 Å². The summed E-state index contributed by atoms with van der Waals surface area (Å²) in [6.45, 7) is 3.24. The number of nitrogens with two attached hydrogens (primary N) is 1. The van der Waals surface area contributed by atoms with Crippen LogP contribution in [-0.4, -0.2) is 114 Å². The average molecular weight is 803 g/mol. The lowest BCUT2D eigenvalue weighted by Crippen LogP contribution is -2.37. The van der Waals surface area contributed by atoms with Crippen LogP contribution in [0.4, 0.5) is 20.4 Å². The van der Waals surface area contributed by atoms with Crippen molar-refractivity contribution in [2.75, 3.05) is 36.0 Å². The fraction of sp³-hybridized carbons (Fsp3) is 0.211. The van der Waals surface area contributed by atoms with Gasteiger partial charge in [-0.15, -0.1) is 10.2 Å². The molecule has 300 valence electrons. The molecule has 1 amide bonds. The molecule has 0 radical (unpaired) electrons. The summed E-state index contributed by atoms with van der Waals surface area (Å²) in [6.07, 6.45) is 19.1. The number of hydrogen-bond acceptors (Lipinski definition) is 13. The second kappa shape index (κ2) is 16.8. The van der Waals surface area contributed by atoms with E-state index in [9.17, 15) is 18.4 Å². The van der Waals surface area contributed by atoms with Crippen LogP contribution in [0.15, 0.2) is 111 Å². The molecule has 2 aliphatic rings.